The monoisotopic (exact) mass is 519 g/mol. The second-order valence-corrected chi connectivity index (χ2v) is 9.42. The van der Waals surface area contributed by atoms with Crippen LogP contribution in [0.1, 0.15) is 36.5 Å². The summed E-state index contributed by atoms with van der Waals surface area (Å²) >= 11 is 3.47. The standard InChI is InChI=1S/C28H30BrN3O2/c1-2-6-27(33)32-15-13-31(14-16-32)25-11-9-24(10-12-25)30-20-23-18-22(19-26(29)28(23)34)17-21-7-4-3-5-8-21/h3-5,7-12,18-20,34H,2,6,13-17H2,1H3. The zero-order valence-electron chi connectivity index (χ0n) is 19.5. The molecule has 0 aliphatic carbocycles. The predicted molar refractivity (Wildman–Crippen MR) is 142 cm³/mol. The summed E-state index contributed by atoms with van der Waals surface area (Å²) in [6.07, 6.45) is 4.02. The number of carbonyl (C=O) groups excluding carboxylic acids is 1. The minimum absolute atomic E-state index is 0.188. The Kier molecular flexibility index (Phi) is 8.01. The van der Waals surface area contributed by atoms with Gasteiger partial charge in [0.2, 0.25) is 5.91 Å². The van der Waals surface area contributed by atoms with E-state index in [4.69, 9.17) is 0 Å². The van der Waals surface area contributed by atoms with Gasteiger partial charge in [0.05, 0.1) is 10.2 Å². The van der Waals surface area contributed by atoms with Gasteiger partial charge in [0.15, 0.2) is 0 Å². The lowest BCUT2D eigenvalue weighted by molar-refractivity contribution is -0.131. The van der Waals surface area contributed by atoms with Crippen LogP contribution >= 0.6 is 15.9 Å². The summed E-state index contributed by atoms with van der Waals surface area (Å²) < 4.78 is 0.661. The van der Waals surface area contributed by atoms with Crippen LogP contribution in [-0.2, 0) is 11.2 Å². The first-order valence-corrected chi connectivity index (χ1v) is 12.5. The second kappa shape index (κ2) is 11.3. The van der Waals surface area contributed by atoms with Crippen molar-refractivity contribution in [2.45, 2.75) is 26.2 Å². The van der Waals surface area contributed by atoms with E-state index in [1.165, 1.54) is 5.56 Å². The zero-order valence-corrected chi connectivity index (χ0v) is 21.0. The minimum Gasteiger partial charge on any atom is -0.506 e. The van der Waals surface area contributed by atoms with Gasteiger partial charge in [0, 0.05) is 50.1 Å². The van der Waals surface area contributed by atoms with Crippen molar-refractivity contribution in [2.75, 3.05) is 31.1 Å². The lowest BCUT2D eigenvalue weighted by Crippen LogP contribution is -2.48. The lowest BCUT2D eigenvalue weighted by Gasteiger charge is -2.36. The fraction of sp³-hybridized carbons (Fsp3) is 0.286. The average molecular weight is 520 g/mol. The molecule has 176 valence electrons. The molecule has 0 spiro atoms. The Bertz CT molecular complexity index is 1140. The number of aliphatic imine (C=N–C) groups is 1. The van der Waals surface area contributed by atoms with Crippen molar-refractivity contribution in [1.82, 2.24) is 4.90 Å². The number of nitrogens with zero attached hydrogens (tertiary/aromatic N) is 3. The molecule has 0 saturated carbocycles. The maximum atomic E-state index is 12.1. The van der Waals surface area contributed by atoms with Crippen LogP contribution in [0, 0.1) is 0 Å². The van der Waals surface area contributed by atoms with Crippen molar-refractivity contribution in [3.63, 3.8) is 0 Å². The number of hydrogen-bond acceptors (Lipinski definition) is 4. The van der Waals surface area contributed by atoms with Crippen LogP contribution in [0.25, 0.3) is 0 Å². The number of aromatic hydroxyl groups is 1. The average Bonchev–Trinajstić information content (AvgIpc) is 2.86. The fourth-order valence-corrected chi connectivity index (χ4v) is 4.71. The number of carbonyl (C=O) groups is 1. The molecule has 0 bridgehead atoms. The van der Waals surface area contributed by atoms with Gasteiger partial charge in [-0.05, 0) is 76.3 Å². The molecule has 1 aliphatic heterocycles. The molecule has 34 heavy (non-hydrogen) atoms. The van der Waals surface area contributed by atoms with E-state index in [0.717, 1.165) is 56.0 Å². The van der Waals surface area contributed by atoms with Crippen molar-refractivity contribution < 1.29 is 9.90 Å². The third-order valence-corrected chi connectivity index (χ3v) is 6.67. The highest BCUT2D eigenvalue weighted by atomic mass is 79.9. The first-order chi connectivity index (χ1) is 16.5. The van der Waals surface area contributed by atoms with E-state index in [0.29, 0.717) is 16.5 Å². The predicted octanol–water partition coefficient (Wildman–Crippen LogP) is 5.94. The molecule has 6 heteroatoms. The molecule has 5 nitrogen and oxygen atoms in total. The van der Waals surface area contributed by atoms with Crippen molar-refractivity contribution in [3.05, 3.63) is 87.9 Å². The van der Waals surface area contributed by atoms with Gasteiger partial charge in [-0.3, -0.25) is 9.79 Å². The summed E-state index contributed by atoms with van der Waals surface area (Å²) in [5.41, 5.74) is 4.96. The Hall–Kier alpha value is -3.12. The molecule has 1 heterocycles. The van der Waals surface area contributed by atoms with Gasteiger partial charge in [0.1, 0.15) is 5.75 Å². The quantitative estimate of drug-likeness (QED) is 0.392. The second-order valence-electron chi connectivity index (χ2n) is 8.57. The normalized spacial score (nSPS) is 14.1. The van der Waals surface area contributed by atoms with E-state index in [1.54, 1.807) is 6.21 Å². The smallest absolute Gasteiger partial charge is 0.222 e. The molecule has 4 rings (SSSR count). The third kappa shape index (κ3) is 6.06. The van der Waals surface area contributed by atoms with Crippen LogP contribution in [0.3, 0.4) is 0 Å². The summed E-state index contributed by atoms with van der Waals surface area (Å²) in [5.74, 6) is 0.447. The highest BCUT2D eigenvalue weighted by Gasteiger charge is 2.20. The molecule has 3 aromatic carbocycles. The molecule has 1 amide bonds. The topological polar surface area (TPSA) is 56.1 Å². The number of phenols is 1. The van der Waals surface area contributed by atoms with E-state index >= 15 is 0 Å². The number of hydrogen-bond donors (Lipinski definition) is 1. The zero-order chi connectivity index (χ0) is 23.9. The molecule has 1 aliphatic rings. The van der Waals surface area contributed by atoms with Gasteiger partial charge in [0.25, 0.3) is 0 Å². The SMILES string of the molecule is CCCC(=O)N1CCN(c2ccc(N=Cc3cc(Cc4ccccc4)cc(Br)c3O)cc2)CC1. The van der Waals surface area contributed by atoms with Crippen LogP contribution in [0.5, 0.6) is 5.75 Å². The molecule has 1 N–H and O–H groups in total. The summed E-state index contributed by atoms with van der Waals surface area (Å²) in [6, 6.07) is 22.3. The number of halogens is 1. The molecule has 1 fully saturated rings. The van der Waals surface area contributed by atoms with Crippen molar-refractivity contribution in [3.8, 4) is 5.75 Å². The Balaban J connectivity index is 1.41. The first-order valence-electron chi connectivity index (χ1n) is 11.8. The summed E-state index contributed by atoms with van der Waals surface area (Å²) in [4.78, 5) is 21.0. The number of phenolic OH excluding ortho intramolecular Hbond substituents is 1. The van der Waals surface area contributed by atoms with Gasteiger partial charge in [-0.1, -0.05) is 37.3 Å². The molecule has 0 unspecified atom stereocenters. The summed E-state index contributed by atoms with van der Waals surface area (Å²) in [5, 5.41) is 10.5. The minimum atomic E-state index is 0.188. The van der Waals surface area contributed by atoms with Gasteiger partial charge in [-0.15, -0.1) is 0 Å². The van der Waals surface area contributed by atoms with Crippen molar-refractivity contribution >= 4 is 39.4 Å². The molecule has 0 atom stereocenters. The third-order valence-electron chi connectivity index (χ3n) is 6.07. The van der Waals surface area contributed by atoms with E-state index in [9.17, 15) is 9.90 Å². The Morgan fingerprint density at radius 3 is 2.38 bits per heavy atom. The van der Waals surface area contributed by atoms with Gasteiger partial charge >= 0.3 is 0 Å². The Morgan fingerprint density at radius 1 is 1.00 bits per heavy atom. The summed E-state index contributed by atoms with van der Waals surface area (Å²) in [6.45, 7) is 5.26. The highest BCUT2D eigenvalue weighted by molar-refractivity contribution is 9.10. The molecule has 3 aromatic rings. The number of anilines is 1. The van der Waals surface area contributed by atoms with E-state index in [2.05, 4.69) is 50.1 Å². The van der Waals surface area contributed by atoms with Crippen molar-refractivity contribution in [1.29, 1.82) is 0 Å². The van der Waals surface area contributed by atoms with E-state index in [-0.39, 0.29) is 11.7 Å². The van der Waals surface area contributed by atoms with Gasteiger partial charge in [-0.2, -0.15) is 0 Å². The van der Waals surface area contributed by atoms with Crippen LogP contribution in [0.2, 0.25) is 0 Å². The highest BCUT2D eigenvalue weighted by Crippen LogP contribution is 2.30. The van der Waals surface area contributed by atoms with Crippen molar-refractivity contribution in [2.24, 2.45) is 4.99 Å². The molecular formula is C28H30BrN3O2. The van der Waals surface area contributed by atoms with Crippen LogP contribution < -0.4 is 4.90 Å². The fourth-order valence-electron chi connectivity index (χ4n) is 4.19. The number of benzene rings is 3. The lowest BCUT2D eigenvalue weighted by atomic mass is 10.0. The van der Waals surface area contributed by atoms with Crippen LogP contribution in [0.15, 0.2) is 76.2 Å². The molecule has 1 saturated heterocycles. The first kappa shape index (κ1) is 24.0. The maximum absolute atomic E-state index is 12.1. The van der Waals surface area contributed by atoms with Crippen LogP contribution in [0.4, 0.5) is 11.4 Å². The number of rotatable bonds is 7. The van der Waals surface area contributed by atoms with Gasteiger partial charge < -0.3 is 14.9 Å². The molecule has 0 radical (unpaired) electrons. The maximum Gasteiger partial charge on any atom is 0.222 e. The largest absolute Gasteiger partial charge is 0.506 e. The molecule has 0 aromatic heterocycles. The summed E-state index contributed by atoms with van der Waals surface area (Å²) in [7, 11) is 0. The Morgan fingerprint density at radius 2 is 1.71 bits per heavy atom. The van der Waals surface area contributed by atoms with Crippen LogP contribution in [-0.4, -0.2) is 48.3 Å². The number of amides is 1. The van der Waals surface area contributed by atoms with E-state index < -0.39 is 0 Å². The van der Waals surface area contributed by atoms with E-state index in [1.807, 2.05) is 54.3 Å². The van der Waals surface area contributed by atoms with Gasteiger partial charge in [-0.25, -0.2) is 0 Å². The number of piperazine rings is 1. The molecular weight excluding hydrogens is 490 g/mol. The Labute approximate surface area is 209 Å².